The number of esters is 1. The highest BCUT2D eigenvalue weighted by molar-refractivity contribution is 5.96. The number of nitrogens with zero attached hydrogens (tertiary/aromatic N) is 1. The zero-order valence-corrected chi connectivity index (χ0v) is 11.7. The van der Waals surface area contributed by atoms with E-state index in [-0.39, 0.29) is 6.54 Å². The van der Waals surface area contributed by atoms with Gasteiger partial charge in [-0.3, -0.25) is 4.79 Å². The Labute approximate surface area is 117 Å². The SMILES string of the molecule is COC(=O)C(O)CNC(=O)c1ccc(N(C)C)c(N)c1. The van der Waals surface area contributed by atoms with Crippen LogP contribution in [-0.2, 0) is 9.53 Å². The number of aliphatic hydroxyl groups excluding tert-OH is 1. The van der Waals surface area contributed by atoms with Gasteiger partial charge in [-0.25, -0.2) is 4.79 Å². The molecular weight excluding hydrogens is 262 g/mol. The van der Waals surface area contributed by atoms with Crippen molar-refractivity contribution in [2.75, 3.05) is 38.4 Å². The molecule has 1 rings (SSSR count). The van der Waals surface area contributed by atoms with Gasteiger partial charge in [-0.15, -0.1) is 0 Å². The van der Waals surface area contributed by atoms with Crippen molar-refractivity contribution in [2.45, 2.75) is 6.10 Å². The van der Waals surface area contributed by atoms with Crippen molar-refractivity contribution >= 4 is 23.3 Å². The number of carbonyl (C=O) groups is 2. The molecule has 1 atom stereocenters. The van der Waals surface area contributed by atoms with Crippen molar-refractivity contribution in [2.24, 2.45) is 0 Å². The van der Waals surface area contributed by atoms with Crippen molar-refractivity contribution in [3.63, 3.8) is 0 Å². The summed E-state index contributed by atoms with van der Waals surface area (Å²) in [6, 6.07) is 4.88. The Balaban J connectivity index is 2.69. The normalized spacial score (nSPS) is 11.6. The van der Waals surface area contributed by atoms with E-state index in [2.05, 4.69) is 10.1 Å². The first-order valence-corrected chi connectivity index (χ1v) is 5.97. The molecule has 0 saturated heterocycles. The number of rotatable bonds is 5. The van der Waals surface area contributed by atoms with Crippen LogP contribution in [0.4, 0.5) is 11.4 Å². The third-order valence-electron chi connectivity index (χ3n) is 2.70. The van der Waals surface area contributed by atoms with E-state index in [1.54, 1.807) is 12.1 Å². The molecule has 20 heavy (non-hydrogen) atoms. The third kappa shape index (κ3) is 3.86. The molecule has 1 aromatic rings. The predicted octanol–water partition coefficient (Wildman–Crippen LogP) is -0.401. The summed E-state index contributed by atoms with van der Waals surface area (Å²) in [4.78, 5) is 24.7. The van der Waals surface area contributed by atoms with Crippen LogP contribution in [0.25, 0.3) is 0 Å². The smallest absolute Gasteiger partial charge is 0.336 e. The van der Waals surface area contributed by atoms with Crippen LogP contribution in [-0.4, -0.2) is 50.8 Å². The first-order chi connectivity index (χ1) is 9.36. The van der Waals surface area contributed by atoms with Gasteiger partial charge in [-0.2, -0.15) is 0 Å². The summed E-state index contributed by atoms with van der Waals surface area (Å²) in [5, 5.41) is 11.8. The highest BCUT2D eigenvalue weighted by atomic mass is 16.5. The summed E-state index contributed by atoms with van der Waals surface area (Å²) < 4.78 is 4.35. The van der Waals surface area contributed by atoms with Crippen molar-refractivity contribution in [1.29, 1.82) is 0 Å². The summed E-state index contributed by atoms with van der Waals surface area (Å²) in [6.07, 6.45) is -1.39. The number of anilines is 2. The molecule has 1 aromatic carbocycles. The van der Waals surface area contributed by atoms with Crippen molar-refractivity contribution in [3.8, 4) is 0 Å². The Bertz CT molecular complexity index is 502. The maximum Gasteiger partial charge on any atom is 0.336 e. The third-order valence-corrected chi connectivity index (χ3v) is 2.70. The van der Waals surface area contributed by atoms with Crippen LogP contribution in [0.3, 0.4) is 0 Å². The fourth-order valence-electron chi connectivity index (χ4n) is 1.61. The molecule has 4 N–H and O–H groups in total. The number of hydrogen-bond acceptors (Lipinski definition) is 6. The molecular formula is C13H19N3O4. The Kier molecular flexibility index (Phi) is 5.33. The minimum atomic E-state index is -1.39. The van der Waals surface area contributed by atoms with Crippen LogP contribution < -0.4 is 16.0 Å². The van der Waals surface area contributed by atoms with Gasteiger partial charge in [0.25, 0.3) is 5.91 Å². The topological polar surface area (TPSA) is 105 Å². The number of nitrogen functional groups attached to an aromatic ring is 1. The minimum absolute atomic E-state index is 0.221. The van der Waals surface area contributed by atoms with E-state index in [0.717, 1.165) is 12.8 Å². The van der Waals surface area contributed by atoms with Crippen LogP contribution in [0.1, 0.15) is 10.4 Å². The Morgan fingerprint density at radius 2 is 2.10 bits per heavy atom. The molecule has 0 aliphatic rings. The molecule has 1 amide bonds. The molecule has 0 heterocycles. The molecule has 7 heteroatoms. The molecule has 0 bridgehead atoms. The molecule has 0 aliphatic carbocycles. The van der Waals surface area contributed by atoms with Gasteiger partial charge in [0.15, 0.2) is 6.10 Å². The van der Waals surface area contributed by atoms with Gasteiger partial charge in [0.2, 0.25) is 0 Å². The summed E-state index contributed by atoms with van der Waals surface area (Å²) in [5.74, 6) is -1.22. The van der Waals surface area contributed by atoms with Crippen LogP contribution in [0.2, 0.25) is 0 Å². The lowest BCUT2D eigenvalue weighted by Gasteiger charge is -2.16. The number of aliphatic hydroxyl groups is 1. The molecule has 0 fully saturated rings. The number of hydrogen-bond donors (Lipinski definition) is 3. The second-order valence-corrected chi connectivity index (χ2v) is 4.42. The van der Waals surface area contributed by atoms with E-state index in [1.165, 1.54) is 6.07 Å². The lowest BCUT2D eigenvalue weighted by Crippen LogP contribution is -2.37. The number of methoxy groups -OCH3 is 1. The van der Waals surface area contributed by atoms with Gasteiger partial charge in [0.1, 0.15) is 0 Å². The largest absolute Gasteiger partial charge is 0.467 e. The summed E-state index contributed by atoms with van der Waals surface area (Å²) >= 11 is 0. The Morgan fingerprint density at radius 3 is 2.60 bits per heavy atom. The van der Waals surface area contributed by atoms with E-state index in [1.807, 2.05) is 19.0 Å². The monoisotopic (exact) mass is 281 g/mol. The molecule has 0 radical (unpaired) electrons. The highest BCUT2D eigenvalue weighted by Gasteiger charge is 2.17. The van der Waals surface area contributed by atoms with E-state index in [4.69, 9.17) is 5.73 Å². The maximum atomic E-state index is 11.8. The number of benzene rings is 1. The lowest BCUT2D eigenvalue weighted by molar-refractivity contribution is -0.149. The maximum absolute atomic E-state index is 11.8. The van der Waals surface area contributed by atoms with Crippen LogP contribution in [0.15, 0.2) is 18.2 Å². The standard InChI is InChI=1S/C13H19N3O4/c1-16(2)10-5-4-8(6-9(10)14)12(18)15-7-11(17)13(19)20-3/h4-6,11,17H,7,14H2,1-3H3,(H,15,18). The summed E-state index contributed by atoms with van der Waals surface area (Å²) in [6.45, 7) is -0.221. The van der Waals surface area contributed by atoms with Crippen LogP contribution >= 0.6 is 0 Å². The molecule has 0 aliphatic heterocycles. The Hall–Kier alpha value is -2.28. The molecule has 0 aromatic heterocycles. The van der Waals surface area contributed by atoms with Gasteiger partial charge in [-0.05, 0) is 18.2 Å². The molecule has 0 saturated carbocycles. The highest BCUT2D eigenvalue weighted by Crippen LogP contribution is 2.22. The van der Waals surface area contributed by atoms with Crippen molar-refractivity contribution in [3.05, 3.63) is 23.8 Å². The fourth-order valence-corrected chi connectivity index (χ4v) is 1.61. The van der Waals surface area contributed by atoms with Crippen molar-refractivity contribution in [1.82, 2.24) is 5.32 Å². The van der Waals surface area contributed by atoms with Gasteiger partial charge < -0.3 is 25.8 Å². The Morgan fingerprint density at radius 1 is 1.45 bits per heavy atom. The van der Waals surface area contributed by atoms with Gasteiger partial charge in [-0.1, -0.05) is 0 Å². The molecule has 7 nitrogen and oxygen atoms in total. The summed E-state index contributed by atoms with van der Waals surface area (Å²) in [7, 11) is 4.85. The number of nitrogens with one attached hydrogen (secondary N) is 1. The van der Waals surface area contributed by atoms with E-state index < -0.39 is 18.0 Å². The molecule has 1 unspecified atom stereocenters. The lowest BCUT2D eigenvalue weighted by atomic mass is 10.1. The minimum Gasteiger partial charge on any atom is -0.467 e. The van der Waals surface area contributed by atoms with Gasteiger partial charge in [0.05, 0.1) is 25.0 Å². The van der Waals surface area contributed by atoms with Crippen molar-refractivity contribution < 1.29 is 19.4 Å². The first kappa shape index (κ1) is 15.8. The zero-order chi connectivity index (χ0) is 15.3. The molecule has 110 valence electrons. The van der Waals surface area contributed by atoms with E-state index in [9.17, 15) is 14.7 Å². The second-order valence-electron chi connectivity index (χ2n) is 4.42. The molecule has 0 spiro atoms. The fraction of sp³-hybridized carbons (Fsp3) is 0.385. The predicted molar refractivity (Wildman–Crippen MR) is 75.5 cm³/mol. The van der Waals surface area contributed by atoms with Gasteiger partial charge in [0, 0.05) is 19.7 Å². The summed E-state index contributed by atoms with van der Waals surface area (Å²) in [5.41, 5.74) is 7.46. The zero-order valence-electron chi connectivity index (χ0n) is 11.7. The van der Waals surface area contributed by atoms with Gasteiger partial charge >= 0.3 is 5.97 Å². The number of amides is 1. The van der Waals surface area contributed by atoms with E-state index >= 15 is 0 Å². The first-order valence-electron chi connectivity index (χ1n) is 5.97. The van der Waals surface area contributed by atoms with Crippen LogP contribution in [0.5, 0.6) is 0 Å². The number of carbonyl (C=O) groups excluding carboxylic acids is 2. The quantitative estimate of drug-likeness (QED) is 0.501. The van der Waals surface area contributed by atoms with E-state index in [0.29, 0.717) is 11.3 Å². The average molecular weight is 281 g/mol. The van der Waals surface area contributed by atoms with Crippen LogP contribution in [0, 0.1) is 0 Å². The number of ether oxygens (including phenoxy) is 1. The average Bonchev–Trinajstić information content (AvgIpc) is 2.42. The number of nitrogens with two attached hydrogens (primary N) is 1. The second kappa shape index (κ2) is 6.76.